The number of aryl methyl sites for hydroxylation is 2. The van der Waals surface area contributed by atoms with Gasteiger partial charge in [0.15, 0.2) is 0 Å². The Kier molecular flexibility index (Phi) is 23.1. The maximum Gasteiger partial charge on any atom is 1.00 e. The third-order valence-corrected chi connectivity index (χ3v) is 10.7. The van der Waals surface area contributed by atoms with Gasteiger partial charge in [-0.15, -0.1) is 10.2 Å². The minimum Gasteiger partial charge on any atom is -0.744 e. The second-order valence-electron chi connectivity index (χ2n) is 14.6. The predicted molar refractivity (Wildman–Crippen MR) is 248 cm³/mol. The number of hydrogen-bond acceptors (Lipinski definition) is 20. The summed E-state index contributed by atoms with van der Waals surface area (Å²) in [5.74, 6) is 2.11. The molecule has 0 amide bonds. The van der Waals surface area contributed by atoms with Crippen molar-refractivity contribution in [2.45, 2.75) is 49.7 Å². The Hall–Kier alpha value is -5.74. The van der Waals surface area contributed by atoms with Gasteiger partial charge in [-0.1, -0.05) is 0 Å². The van der Waals surface area contributed by atoms with E-state index in [2.05, 4.69) is 40.9 Å². The molecule has 0 fully saturated rings. The normalized spacial score (nSPS) is 12.5. The molecule has 0 aliphatic heterocycles. The zero-order chi connectivity index (χ0) is 49.4. The third-order valence-electron chi connectivity index (χ3n) is 8.99. The van der Waals surface area contributed by atoms with Crippen LogP contribution in [0.25, 0.3) is 0 Å². The molecule has 0 aromatic heterocycles. The van der Waals surface area contributed by atoms with Gasteiger partial charge in [0.2, 0.25) is 0 Å². The molecule has 0 aliphatic rings. The summed E-state index contributed by atoms with van der Waals surface area (Å²) in [4.78, 5) is -0.665. The summed E-state index contributed by atoms with van der Waals surface area (Å²) in [5, 5.41) is 52.1. The molecule has 356 valence electrons. The molecule has 2 N–H and O–H groups in total. The van der Waals surface area contributed by atoms with Gasteiger partial charge in [0.05, 0.1) is 70.3 Å². The quantitative estimate of drug-likeness (QED) is 0.0653. The zero-order valence-corrected chi connectivity index (χ0v) is 43.1. The van der Waals surface area contributed by atoms with Gasteiger partial charge in [-0.05, 0) is 148 Å². The van der Waals surface area contributed by atoms with Crippen molar-refractivity contribution in [2.24, 2.45) is 40.9 Å². The fourth-order valence-corrected chi connectivity index (χ4v) is 6.42. The number of aliphatic hydroxyl groups is 2. The molecule has 6 aromatic rings. The second-order valence-corrected chi connectivity index (χ2v) is 17.4. The molecule has 0 spiro atoms. The van der Waals surface area contributed by atoms with Crippen LogP contribution in [-0.2, 0) is 20.2 Å². The Morgan fingerprint density at radius 1 is 0.471 bits per heavy atom. The van der Waals surface area contributed by atoms with Crippen molar-refractivity contribution in [3.63, 3.8) is 0 Å². The third kappa shape index (κ3) is 18.5. The van der Waals surface area contributed by atoms with E-state index >= 15 is 0 Å². The van der Waals surface area contributed by atoms with Gasteiger partial charge in [-0.25, -0.2) is 16.8 Å². The topological polar surface area (TPSA) is 291 Å². The number of methoxy groups -OCH3 is 2. The molecular weight excluding hydrogens is 951 g/mol. The van der Waals surface area contributed by atoms with Crippen LogP contribution in [0.2, 0.25) is 0 Å². The van der Waals surface area contributed by atoms with E-state index in [0.717, 1.165) is 11.1 Å². The van der Waals surface area contributed by atoms with Gasteiger partial charge in [0.25, 0.3) is 0 Å². The van der Waals surface area contributed by atoms with Crippen molar-refractivity contribution >= 4 is 65.7 Å². The Balaban J connectivity index is 0.000000360. The zero-order valence-electron chi connectivity index (χ0n) is 39.5. The number of rotatable bonds is 18. The van der Waals surface area contributed by atoms with E-state index in [4.69, 9.17) is 18.9 Å². The van der Waals surface area contributed by atoms with Crippen molar-refractivity contribution in [2.75, 3.05) is 27.4 Å². The molecule has 24 heteroatoms. The molecule has 0 bridgehead atoms. The Bertz CT molecular complexity index is 2800. The Morgan fingerprint density at radius 3 is 1.00 bits per heavy atom. The number of aliphatic hydroxyl groups excluding tert-OH is 2. The average Bonchev–Trinajstić information content (AvgIpc) is 3.31. The van der Waals surface area contributed by atoms with Crippen LogP contribution < -0.4 is 67.4 Å². The first-order chi connectivity index (χ1) is 32.3. The average molecular weight is 997 g/mol. The Labute approximate surface area is 439 Å². The maximum atomic E-state index is 11.0. The van der Waals surface area contributed by atoms with E-state index in [1.165, 1.54) is 62.8 Å². The van der Waals surface area contributed by atoms with Crippen LogP contribution in [0.4, 0.5) is 45.5 Å². The molecule has 0 heterocycles. The van der Waals surface area contributed by atoms with E-state index in [-0.39, 0.29) is 71.4 Å². The minimum absolute atomic E-state index is 0. The number of ether oxygens (including phenoxy) is 4. The monoisotopic (exact) mass is 996 g/mol. The molecule has 0 saturated heterocycles. The van der Waals surface area contributed by atoms with Gasteiger partial charge in [-0.2, -0.15) is 30.7 Å². The molecule has 0 aliphatic carbocycles. The number of benzene rings is 6. The molecule has 6 rings (SSSR count). The Morgan fingerprint density at radius 2 is 0.743 bits per heavy atom. The van der Waals surface area contributed by atoms with Crippen molar-refractivity contribution in [3.05, 3.63) is 132 Å². The molecule has 2 unspecified atom stereocenters. The van der Waals surface area contributed by atoms with E-state index in [9.17, 15) is 36.2 Å². The summed E-state index contributed by atoms with van der Waals surface area (Å²) in [6.07, 6.45) is -1.11. The van der Waals surface area contributed by atoms with Crippen molar-refractivity contribution in [1.29, 1.82) is 0 Å². The summed E-state index contributed by atoms with van der Waals surface area (Å²) in [6.45, 7) is 7.35. The number of nitrogens with zero attached hydrogens (tertiary/aromatic N) is 8. The number of hydrogen-bond donors (Lipinski definition) is 2. The van der Waals surface area contributed by atoms with Crippen LogP contribution in [0.3, 0.4) is 0 Å². The fourth-order valence-electron chi connectivity index (χ4n) is 5.48. The standard InChI is InChI=1S/2C23H24N4O6S.Li.Na/c2*1-15-12-22(27-25-17-4-8-19(9-5-17)33-14-16(2)28)23(32-3)13-21(15)26-24-18-6-10-20(11-7-18)34(29,30)31;;/h2*4-13,16,28H,14H2,1-3H3,(H,29,30,31);;/q;;2*+1/p-2. The largest absolute Gasteiger partial charge is 1.00 e. The molecule has 20 nitrogen and oxygen atoms in total. The molecule has 0 saturated carbocycles. The van der Waals surface area contributed by atoms with E-state index in [1.54, 1.807) is 86.6 Å². The predicted octanol–water partition coefficient (Wildman–Crippen LogP) is 5.00. The first kappa shape index (κ1) is 58.6. The SMILES string of the molecule is COc1cc(N=Nc2ccc(S(=O)(=O)[O-])cc2)c(C)cc1N=Nc1ccc(OCC(C)O)cc1.COc1cc(N=Nc2ccc(S(=O)(=O)[O-])cc2)c(C)cc1N=Nc1ccc(OCC(C)O)cc1.[Li+].[Na+]. The van der Waals surface area contributed by atoms with E-state index < -0.39 is 32.4 Å². The van der Waals surface area contributed by atoms with Gasteiger partial charge >= 0.3 is 48.4 Å². The van der Waals surface area contributed by atoms with Crippen LogP contribution in [0.1, 0.15) is 25.0 Å². The summed E-state index contributed by atoms with van der Waals surface area (Å²) in [7, 11) is -6.03. The summed E-state index contributed by atoms with van der Waals surface area (Å²) in [6, 6.07) is 31.0. The molecule has 0 radical (unpaired) electrons. The smallest absolute Gasteiger partial charge is 0.744 e. The number of azo groups is 4. The van der Waals surface area contributed by atoms with Crippen molar-refractivity contribution in [3.8, 4) is 23.0 Å². The maximum absolute atomic E-state index is 11.0. The molecule has 6 aromatic carbocycles. The minimum atomic E-state index is -4.51. The van der Waals surface area contributed by atoms with Gasteiger partial charge in [-0.3, -0.25) is 0 Å². The van der Waals surface area contributed by atoms with Crippen LogP contribution >= 0.6 is 0 Å². The van der Waals surface area contributed by atoms with Crippen LogP contribution in [0.15, 0.2) is 172 Å². The summed E-state index contributed by atoms with van der Waals surface area (Å²) >= 11 is 0. The van der Waals surface area contributed by atoms with Gasteiger partial charge < -0.3 is 38.3 Å². The molecule has 70 heavy (non-hydrogen) atoms. The first-order valence-corrected chi connectivity index (χ1v) is 23.1. The van der Waals surface area contributed by atoms with Crippen LogP contribution in [-0.4, -0.2) is 75.8 Å². The van der Waals surface area contributed by atoms with E-state index in [1.807, 2.05) is 13.8 Å². The summed E-state index contributed by atoms with van der Waals surface area (Å²) in [5.41, 5.74) is 5.56. The van der Waals surface area contributed by atoms with E-state index in [0.29, 0.717) is 68.5 Å². The first-order valence-electron chi connectivity index (χ1n) is 20.3. The van der Waals surface area contributed by atoms with Gasteiger partial charge in [0.1, 0.15) is 67.8 Å². The van der Waals surface area contributed by atoms with Crippen LogP contribution in [0, 0.1) is 13.8 Å². The van der Waals surface area contributed by atoms with Crippen molar-refractivity contribution in [1.82, 2.24) is 0 Å². The summed E-state index contributed by atoms with van der Waals surface area (Å²) < 4.78 is 87.8. The van der Waals surface area contributed by atoms with Crippen LogP contribution in [0.5, 0.6) is 23.0 Å². The van der Waals surface area contributed by atoms with Crippen molar-refractivity contribution < 1.29 is 104 Å². The molecular formula is C46H46LiN8NaO12S2. The fraction of sp³-hybridized carbons (Fsp3) is 0.217. The molecule has 2 atom stereocenters. The van der Waals surface area contributed by atoms with Gasteiger partial charge in [0, 0.05) is 12.1 Å². The second kappa shape index (κ2) is 27.6.